The first-order valence-electron chi connectivity index (χ1n) is 9.04. The second kappa shape index (κ2) is 5.06. The van der Waals surface area contributed by atoms with Gasteiger partial charge < -0.3 is 0 Å². The van der Waals surface area contributed by atoms with Gasteiger partial charge in [-0.25, -0.2) is 0 Å². The van der Waals surface area contributed by atoms with Gasteiger partial charge in [-0.1, -0.05) is 78.9 Å². The van der Waals surface area contributed by atoms with Crippen LogP contribution in [0.2, 0.25) is 0 Å². The van der Waals surface area contributed by atoms with Gasteiger partial charge in [-0.3, -0.25) is 0 Å². The molecule has 0 saturated heterocycles. The van der Waals surface area contributed by atoms with Crippen molar-refractivity contribution in [3.8, 4) is 33.4 Å². The molecule has 0 heteroatoms. The molecule has 0 saturated carbocycles. The maximum Gasteiger partial charge on any atom is -0.00259 e. The van der Waals surface area contributed by atoms with E-state index in [2.05, 4.69) is 97.1 Å². The van der Waals surface area contributed by atoms with Crippen molar-refractivity contribution >= 4 is 21.5 Å². The molecule has 0 nitrogen and oxygen atoms in total. The smallest absolute Gasteiger partial charge is 0.00259 e. The van der Waals surface area contributed by atoms with E-state index in [1.165, 1.54) is 54.9 Å². The van der Waals surface area contributed by atoms with Crippen LogP contribution in [0.1, 0.15) is 0 Å². The average molecular weight is 328 g/mol. The van der Waals surface area contributed by atoms with E-state index in [9.17, 15) is 0 Å². The van der Waals surface area contributed by atoms with Gasteiger partial charge >= 0.3 is 0 Å². The van der Waals surface area contributed by atoms with Crippen molar-refractivity contribution in [3.63, 3.8) is 0 Å². The molecule has 0 aromatic heterocycles. The van der Waals surface area contributed by atoms with Gasteiger partial charge in [0.25, 0.3) is 0 Å². The Morgan fingerprint density at radius 3 is 1.88 bits per heavy atom. The standard InChI is InChI=1S/C26H16/c1-2-7-18-14-19(13-12-17(18)6-1)21-15-20-8-5-11-24-22-9-3-4-10-23(22)25(16-21)26(20)24/h1-16H. The quantitative estimate of drug-likeness (QED) is 0.297. The number of hydrogen-bond acceptors (Lipinski definition) is 0. The maximum absolute atomic E-state index is 2.36. The summed E-state index contributed by atoms with van der Waals surface area (Å²) < 4.78 is 0. The normalized spacial score (nSPS) is 11.8. The van der Waals surface area contributed by atoms with Gasteiger partial charge in [0, 0.05) is 0 Å². The Balaban J connectivity index is 1.66. The van der Waals surface area contributed by atoms with E-state index in [1.54, 1.807) is 0 Å². The molecule has 120 valence electrons. The topological polar surface area (TPSA) is 0 Å². The van der Waals surface area contributed by atoms with Crippen LogP contribution in [-0.4, -0.2) is 0 Å². The molecule has 0 spiro atoms. The summed E-state index contributed by atoms with van der Waals surface area (Å²) in [6.07, 6.45) is 0. The summed E-state index contributed by atoms with van der Waals surface area (Å²) in [6.45, 7) is 0. The van der Waals surface area contributed by atoms with E-state index >= 15 is 0 Å². The van der Waals surface area contributed by atoms with Crippen molar-refractivity contribution < 1.29 is 0 Å². The molecule has 0 N–H and O–H groups in total. The fourth-order valence-corrected chi connectivity index (χ4v) is 4.35. The highest BCUT2D eigenvalue weighted by molar-refractivity contribution is 6.16. The summed E-state index contributed by atoms with van der Waals surface area (Å²) >= 11 is 0. The van der Waals surface area contributed by atoms with Gasteiger partial charge in [0.1, 0.15) is 0 Å². The molecule has 5 aromatic rings. The molecule has 1 aliphatic rings. The zero-order valence-electron chi connectivity index (χ0n) is 14.2. The van der Waals surface area contributed by atoms with Gasteiger partial charge in [0.2, 0.25) is 0 Å². The highest BCUT2D eigenvalue weighted by atomic mass is 14.2. The number of hydrogen-bond donors (Lipinski definition) is 0. The highest BCUT2D eigenvalue weighted by Gasteiger charge is 2.21. The van der Waals surface area contributed by atoms with Crippen LogP contribution in [0.4, 0.5) is 0 Å². The van der Waals surface area contributed by atoms with E-state index < -0.39 is 0 Å². The van der Waals surface area contributed by atoms with E-state index in [0.29, 0.717) is 0 Å². The van der Waals surface area contributed by atoms with Crippen molar-refractivity contribution in [3.05, 3.63) is 97.1 Å². The lowest BCUT2D eigenvalue weighted by Gasteiger charge is -2.09. The number of fused-ring (bicyclic) bond motifs is 4. The van der Waals surface area contributed by atoms with E-state index in [1.807, 2.05) is 0 Å². The summed E-state index contributed by atoms with van der Waals surface area (Å²) in [5.41, 5.74) is 7.98. The molecule has 6 rings (SSSR count). The summed E-state index contributed by atoms with van der Waals surface area (Å²) in [7, 11) is 0. The van der Waals surface area contributed by atoms with E-state index in [-0.39, 0.29) is 0 Å². The molecule has 1 aliphatic carbocycles. The molecular formula is C26H16. The second-order valence-corrected chi connectivity index (χ2v) is 7.04. The summed E-state index contributed by atoms with van der Waals surface area (Å²) in [6, 6.07) is 35.4. The molecule has 0 bridgehead atoms. The van der Waals surface area contributed by atoms with Crippen LogP contribution in [0.25, 0.3) is 54.9 Å². The Labute approximate surface area is 152 Å². The summed E-state index contributed by atoms with van der Waals surface area (Å²) in [5, 5.41) is 5.28. The molecule has 0 aliphatic heterocycles. The van der Waals surface area contributed by atoms with Crippen LogP contribution >= 0.6 is 0 Å². The van der Waals surface area contributed by atoms with Crippen LogP contribution in [-0.2, 0) is 0 Å². The Hall–Kier alpha value is -3.38. The number of benzene rings is 5. The van der Waals surface area contributed by atoms with Gasteiger partial charge in [-0.15, -0.1) is 0 Å². The van der Waals surface area contributed by atoms with Crippen LogP contribution in [0.15, 0.2) is 97.1 Å². The van der Waals surface area contributed by atoms with E-state index in [4.69, 9.17) is 0 Å². The predicted octanol–water partition coefficient (Wildman–Crippen LogP) is 7.31. The Morgan fingerprint density at radius 2 is 1.00 bits per heavy atom. The fourth-order valence-electron chi connectivity index (χ4n) is 4.35. The molecule has 0 fully saturated rings. The lowest BCUT2D eigenvalue weighted by Crippen LogP contribution is -1.83. The minimum Gasteiger partial charge on any atom is -0.0616 e. The Kier molecular flexibility index (Phi) is 2.70. The van der Waals surface area contributed by atoms with Crippen molar-refractivity contribution in [1.29, 1.82) is 0 Å². The van der Waals surface area contributed by atoms with Crippen molar-refractivity contribution in [2.24, 2.45) is 0 Å². The lowest BCUT2D eigenvalue weighted by molar-refractivity contribution is 1.67. The molecule has 0 amide bonds. The SMILES string of the molecule is c1ccc2c(c1)-c1cccc3cc(-c4ccc5ccccc5c4)cc-2c13. The summed E-state index contributed by atoms with van der Waals surface area (Å²) in [4.78, 5) is 0. The van der Waals surface area contributed by atoms with Gasteiger partial charge in [-0.05, 0) is 73.1 Å². The monoisotopic (exact) mass is 328 g/mol. The van der Waals surface area contributed by atoms with Crippen LogP contribution in [0, 0.1) is 0 Å². The first kappa shape index (κ1) is 13.9. The third-order valence-electron chi connectivity index (χ3n) is 5.57. The Bertz CT molecular complexity index is 1320. The molecule has 0 atom stereocenters. The van der Waals surface area contributed by atoms with Gasteiger partial charge in [0.05, 0.1) is 0 Å². The first-order chi connectivity index (χ1) is 12.9. The third-order valence-corrected chi connectivity index (χ3v) is 5.57. The molecule has 5 aromatic carbocycles. The Morgan fingerprint density at radius 1 is 0.346 bits per heavy atom. The second-order valence-electron chi connectivity index (χ2n) is 7.04. The third kappa shape index (κ3) is 1.84. The highest BCUT2D eigenvalue weighted by Crippen LogP contribution is 2.48. The molecule has 26 heavy (non-hydrogen) atoms. The maximum atomic E-state index is 2.36. The summed E-state index contributed by atoms with van der Waals surface area (Å²) in [5.74, 6) is 0. The molecular weight excluding hydrogens is 312 g/mol. The van der Waals surface area contributed by atoms with Crippen molar-refractivity contribution in [2.75, 3.05) is 0 Å². The minimum atomic E-state index is 1.27. The average Bonchev–Trinajstić information content (AvgIpc) is 3.03. The van der Waals surface area contributed by atoms with Crippen LogP contribution < -0.4 is 0 Å². The van der Waals surface area contributed by atoms with Crippen molar-refractivity contribution in [2.45, 2.75) is 0 Å². The zero-order valence-corrected chi connectivity index (χ0v) is 14.2. The first-order valence-corrected chi connectivity index (χ1v) is 9.04. The zero-order chi connectivity index (χ0) is 17.1. The molecule has 0 heterocycles. The lowest BCUT2D eigenvalue weighted by atomic mass is 9.95. The van der Waals surface area contributed by atoms with Gasteiger partial charge in [-0.2, -0.15) is 0 Å². The van der Waals surface area contributed by atoms with Crippen LogP contribution in [0.5, 0.6) is 0 Å². The van der Waals surface area contributed by atoms with Crippen molar-refractivity contribution in [1.82, 2.24) is 0 Å². The predicted molar refractivity (Wildman–Crippen MR) is 111 cm³/mol. The molecule has 0 unspecified atom stereocenters. The largest absolute Gasteiger partial charge is 0.0616 e. The number of rotatable bonds is 1. The fraction of sp³-hybridized carbons (Fsp3) is 0. The van der Waals surface area contributed by atoms with E-state index in [0.717, 1.165) is 0 Å². The van der Waals surface area contributed by atoms with Gasteiger partial charge in [0.15, 0.2) is 0 Å². The molecule has 0 radical (unpaired) electrons. The minimum absolute atomic E-state index is 1.27. The van der Waals surface area contributed by atoms with Crippen LogP contribution in [0.3, 0.4) is 0 Å².